The molecule has 2 aromatic heterocycles. The monoisotopic (exact) mass is 446 g/mol. The molecule has 0 saturated carbocycles. The lowest BCUT2D eigenvalue weighted by molar-refractivity contribution is -0.126. The predicted molar refractivity (Wildman–Crippen MR) is 121 cm³/mol. The van der Waals surface area contributed by atoms with Gasteiger partial charge in [0.1, 0.15) is 11.8 Å². The van der Waals surface area contributed by atoms with Gasteiger partial charge < -0.3 is 14.6 Å². The van der Waals surface area contributed by atoms with Crippen molar-refractivity contribution in [2.24, 2.45) is 0 Å². The first-order chi connectivity index (χ1) is 15.6. The van der Waals surface area contributed by atoms with Crippen LogP contribution in [-0.2, 0) is 17.9 Å². The Balaban J connectivity index is 1.69. The molecule has 0 aliphatic heterocycles. The van der Waals surface area contributed by atoms with E-state index in [9.17, 15) is 9.59 Å². The van der Waals surface area contributed by atoms with Gasteiger partial charge in [0.15, 0.2) is 5.69 Å². The lowest BCUT2D eigenvalue weighted by Crippen LogP contribution is -2.43. The maximum Gasteiger partial charge on any atom is 0.276 e. The van der Waals surface area contributed by atoms with Gasteiger partial charge in [0, 0.05) is 11.9 Å². The minimum atomic E-state index is -0.876. The first kappa shape index (κ1) is 21.5. The number of nitrogens with one attached hydrogen (secondary N) is 1. The summed E-state index contributed by atoms with van der Waals surface area (Å²) in [6.45, 7) is 2.44. The smallest absolute Gasteiger partial charge is 0.276 e. The number of hydrogen-bond donors (Lipinski definition) is 1. The van der Waals surface area contributed by atoms with E-state index < -0.39 is 11.9 Å². The van der Waals surface area contributed by atoms with E-state index in [1.165, 1.54) is 4.90 Å². The average Bonchev–Trinajstić information content (AvgIpc) is 3.53. The molecule has 0 aliphatic carbocycles. The number of aryl methyl sites for hydroxylation is 1. The summed E-state index contributed by atoms with van der Waals surface area (Å²) in [7, 11) is 0. The summed E-state index contributed by atoms with van der Waals surface area (Å²) in [5, 5.41) is 8.47. The Kier molecular flexibility index (Phi) is 6.72. The quantitative estimate of drug-likeness (QED) is 0.439. The highest BCUT2D eigenvalue weighted by Gasteiger charge is 2.33. The van der Waals surface area contributed by atoms with Crippen LogP contribution in [0.3, 0.4) is 0 Å². The summed E-state index contributed by atoms with van der Waals surface area (Å²) in [5.41, 5.74) is 2.92. The third-order valence-corrected chi connectivity index (χ3v) is 5.51. The molecule has 2 amide bonds. The van der Waals surface area contributed by atoms with E-state index in [0.29, 0.717) is 17.9 Å². The first-order valence-electron chi connectivity index (χ1n) is 10.1. The largest absolute Gasteiger partial charge is 0.467 e. The van der Waals surface area contributed by atoms with Crippen molar-refractivity contribution in [2.75, 3.05) is 0 Å². The van der Waals surface area contributed by atoms with Crippen LogP contribution >= 0.6 is 11.5 Å². The summed E-state index contributed by atoms with van der Waals surface area (Å²) >= 11 is 1.09. The van der Waals surface area contributed by atoms with Crippen LogP contribution in [0.15, 0.2) is 82.8 Å². The number of furan rings is 1. The van der Waals surface area contributed by atoms with Crippen molar-refractivity contribution in [1.82, 2.24) is 19.8 Å². The highest BCUT2D eigenvalue weighted by Crippen LogP contribution is 2.26. The van der Waals surface area contributed by atoms with Gasteiger partial charge in [0.05, 0.1) is 12.8 Å². The number of benzene rings is 2. The molecular weight excluding hydrogens is 424 g/mol. The van der Waals surface area contributed by atoms with Crippen molar-refractivity contribution >= 4 is 23.3 Å². The van der Waals surface area contributed by atoms with E-state index in [1.807, 2.05) is 61.5 Å². The molecule has 1 atom stereocenters. The second-order valence-electron chi connectivity index (χ2n) is 7.32. The minimum absolute atomic E-state index is 0.112. The maximum absolute atomic E-state index is 13.5. The number of carbonyl (C=O) groups is 2. The van der Waals surface area contributed by atoms with Gasteiger partial charge in [-0.1, -0.05) is 64.6 Å². The van der Waals surface area contributed by atoms with Crippen molar-refractivity contribution in [3.8, 4) is 0 Å². The third kappa shape index (κ3) is 5.09. The molecule has 0 radical (unpaired) electrons. The van der Waals surface area contributed by atoms with Gasteiger partial charge in [0.2, 0.25) is 5.91 Å². The maximum atomic E-state index is 13.5. The van der Waals surface area contributed by atoms with E-state index in [2.05, 4.69) is 14.9 Å². The fraction of sp³-hybridized carbons (Fsp3) is 0.167. The molecule has 0 fully saturated rings. The van der Waals surface area contributed by atoms with Gasteiger partial charge in [-0.15, -0.1) is 5.10 Å². The zero-order valence-corrected chi connectivity index (χ0v) is 18.3. The lowest BCUT2D eigenvalue weighted by Gasteiger charge is -2.30. The van der Waals surface area contributed by atoms with Crippen molar-refractivity contribution in [1.29, 1.82) is 0 Å². The fourth-order valence-electron chi connectivity index (χ4n) is 3.36. The Hall–Kier alpha value is -3.78. The molecule has 0 aliphatic rings. The summed E-state index contributed by atoms with van der Waals surface area (Å²) in [4.78, 5) is 28.4. The number of carbonyl (C=O) groups excluding carboxylic acids is 2. The molecule has 32 heavy (non-hydrogen) atoms. The van der Waals surface area contributed by atoms with Crippen LogP contribution in [0, 0.1) is 6.92 Å². The zero-order chi connectivity index (χ0) is 22.3. The molecule has 162 valence electrons. The Morgan fingerprint density at radius 3 is 2.50 bits per heavy atom. The van der Waals surface area contributed by atoms with Gasteiger partial charge >= 0.3 is 0 Å². The predicted octanol–water partition coefficient (Wildman–Crippen LogP) is 4.14. The number of rotatable bonds is 8. The number of hydrogen-bond acceptors (Lipinski definition) is 6. The fourth-order valence-corrected chi connectivity index (χ4v) is 3.79. The summed E-state index contributed by atoms with van der Waals surface area (Å²) in [6, 6.07) is 19.9. The van der Waals surface area contributed by atoms with Crippen LogP contribution in [-0.4, -0.2) is 26.3 Å². The Labute approximate surface area is 189 Å². The summed E-state index contributed by atoms with van der Waals surface area (Å²) in [6.07, 6.45) is 1.54. The molecule has 0 spiro atoms. The molecule has 8 heteroatoms. The van der Waals surface area contributed by atoms with E-state index in [0.717, 1.165) is 22.7 Å². The number of amides is 2. The molecule has 2 aromatic carbocycles. The zero-order valence-electron chi connectivity index (χ0n) is 17.5. The van der Waals surface area contributed by atoms with Gasteiger partial charge in [-0.2, -0.15) is 0 Å². The molecule has 7 nitrogen and oxygen atoms in total. The summed E-state index contributed by atoms with van der Waals surface area (Å²) in [5.74, 6) is -0.120. The molecule has 4 aromatic rings. The highest BCUT2D eigenvalue weighted by molar-refractivity contribution is 7.03. The summed E-state index contributed by atoms with van der Waals surface area (Å²) < 4.78 is 9.29. The topological polar surface area (TPSA) is 88.3 Å². The van der Waals surface area contributed by atoms with Crippen molar-refractivity contribution in [2.45, 2.75) is 26.1 Å². The van der Waals surface area contributed by atoms with E-state index >= 15 is 0 Å². The molecule has 1 N–H and O–H groups in total. The van der Waals surface area contributed by atoms with Crippen molar-refractivity contribution in [3.05, 3.63) is 107 Å². The van der Waals surface area contributed by atoms with Crippen LogP contribution in [0.1, 0.15) is 39.0 Å². The first-order valence-corrected chi connectivity index (χ1v) is 10.9. The van der Waals surface area contributed by atoms with Crippen molar-refractivity contribution < 1.29 is 14.0 Å². The van der Waals surface area contributed by atoms with Crippen LogP contribution in [0.2, 0.25) is 0 Å². The standard InChI is InChI=1S/C24H22N4O3S/c1-17-9-11-19(12-10-17)22(23(29)25-14-18-6-3-2-4-7-18)28(15-20-8-5-13-31-20)24(30)21-16-32-27-26-21/h2-13,16,22H,14-15H2,1H3,(H,25,29)/t22-/m1/s1. The van der Waals surface area contributed by atoms with Gasteiger partial charge in [-0.05, 0) is 41.7 Å². The number of aromatic nitrogens is 2. The van der Waals surface area contributed by atoms with Crippen LogP contribution in [0.5, 0.6) is 0 Å². The third-order valence-electron chi connectivity index (χ3n) is 5.01. The van der Waals surface area contributed by atoms with Gasteiger partial charge in [0.25, 0.3) is 5.91 Å². The van der Waals surface area contributed by atoms with Crippen molar-refractivity contribution in [3.63, 3.8) is 0 Å². The second kappa shape index (κ2) is 10.0. The Morgan fingerprint density at radius 2 is 1.84 bits per heavy atom. The molecular formula is C24H22N4O3S. The molecule has 0 saturated heterocycles. The molecule has 0 unspecified atom stereocenters. The van der Waals surface area contributed by atoms with Crippen LogP contribution in [0.25, 0.3) is 0 Å². The van der Waals surface area contributed by atoms with Crippen LogP contribution < -0.4 is 5.32 Å². The number of nitrogens with zero attached hydrogens (tertiary/aromatic N) is 3. The molecule has 2 heterocycles. The van der Waals surface area contributed by atoms with Gasteiger partial charge in [-0.25, -0.2) is 0 Å². The second-order valence-corrected chi connectivity index (χ2v) is 7.93. The Morgan fingerprint density at radius 1 is 1.06 bits per heavy atom. The molecule has 0 bridgehead atoms. The average molecular weight is 447 g/mol. The van der Waals surface area contributed by atoms with E-state index in [4.69, 9.17) is 4.42 Å². The Bertz CT molecular complexity index is 1140. The lowest BCUT2D eigenvalue weighted by atomic mass is 10.0. The van der Waals surface area contributed by atoms with Crippen LogP contribution in [0.4, 0.5) is 0 Å². The minimum Gasteiger partial charge on any atom is -0.467 e. The van der Waals surface area contributed by atoms with E-state index in [1.54, 1.807) is 23.8 Å². The van der Waals surface area contributed by atoms with Gasteiger partial charge in [-0.3, -0.25) is 9.59 Å². The normalized spacial score (nSPS) is 11.7. The van der Waals surface area contributed by atoms with E-state index in [-0.39, 0.29) is 18.1 Å². The highest BCUT2D eigenvalue weighted by atomic mass is 32.1. The SMILES string of the molecule is Cc1ccc([C@H](C(=O)NCc2ccccc2)N(Cc2ccco2)C(=O)c2csnn2)cc1. The molecule has 4 rings (SSSR count).